The average Bonchev–Trinajstić information content (AvgIpc) is 1.94. The zero-order chi connectivity index (χ0) is 10.2. The number of halogens is 3. The van der Waals surface area contributed by atoms with Gasteiger partial charge in [-0.1, -0.05) is 0 Å². The summed E-state index contributed by atoms with van der Waals surface area (Å²) in [6.45, 7) is 0. The zero-order valence-corrected chi connectivity index (χ0v) is 6.47. The van der Waals surface area contributed by atoms with E-state index in [2.05, 4.69) is 0 Å². The van der Waals surface area contributed by atoms with Crippen molar-refractivity contribution in [3.05, 3.63) is 32.6 Å². The number of nitrogens with zero attached hydrogens (tertiary/aromatic N) is 1. The zero-order valence-electron chi connectivity index (χ0n) is 6.47. The number of alkyl halides is 3. The molecule has 0 aliphatic rings. The molecular weight excluding hydrogens is 189 g/mol. The van der Waals surface area contributed by atoms with Gasteiger partial charge in [-0.05, 0) is 0 Å². The number of hydrogen-bond donors (Lipinski definition) is 1. The third kappa shape index (κ3) is 1.79. The van der Waals surface area contributed by atoms with E-state index < -0.39 is 23.0 Å². The number of aromatic amines is 1. The van der Waals surface area contributed by atoms with Crippen molar-refractivity contribution in [3.8, 4) is 0 Å². The van der Waals surface area contributed by atoms with Crippen LogP contribution in [-0.4, -0.2) is 9.55 Å². The molecule has 0 saturated heterocycles. The summed E-state index contributed by atoms with van der Waals surface area (Å²) in [6.07, 6.45) is -4.28. The van der Waals surface area contributed by atoms with E-state index in [1.807, 2.05) is 0 Å². The number of aromatic nitrogens is 2. The molecule has 0 aromatic carbocycles. The van der Waals surface area contributed by atoms with Crippen molar-refractivity contribution < 1.29 is 13.2 Å². The van der Waals surface area contributed by atoms with Crippen LogP contribution in [0.25, 0.3) is 0 Å². The first kappa shape index (κ1) is 9.56. The topological polar surface area (TPSA) is 54.9 Å². The molecule has 0 radical (unpaired) electrons. The minimum absolute atomic E-state index is 0.459. The second kappa shape index (κ2) is 2.75. The van der Waals surface area contributed by atoms with Crippen LogP contribution in [-0.2, 0) is 13.2 Å². The van der Waals surface area contributed by atoms with E-state index in [0.29, 0.717) is 10.8 Å². The van der Waals surface area contributed by atoms with Gasteiger partial charge in [-0.3, -0.25) is 9.78 Å². The molecule has 0 saturated carbocycles. The maximum atomic E-state index is 12.0. The first-order chi connectivity index (χ1) is 5.82. The first-order valence-corrected chi connectivity index (χ1v) is 3.19. The minimum atomic E-state index is -4.74. The standard InChI is InChI=1S/C6H5F3N2O2/c1-11-2-3(6(7,8)9)4(12)10-5(11)13/h2H,1H3,(H,10,12,13). The minimum Gasteiger partial charge on any atom is -0.303 e. The Morgan fingerprint density at radius 2 is 1.92 bits per heavy atom. The van der Waals surface area contributed by atoms with Crippen LogP contribution in [0, 0.1) is 0 Å². The van der Waals surface area contributed by atoms with Gasteiger partial charge in [0.05, 0.1) is 0 Å². The number of nitrogens with one attached hydrogen (secondary N) is 1. The van der Waals surface area contributed by atoms with Gasteiger partial charge in [0.2, 0.25) is 0 Å². The van der Waals surface area contributed by atoms with Gasteiger partial charge in [0.25, 0.3) is 5.56 Å². The quantitative estimate of drug-likeness (QED) is 0.636. The highest BCUT2D eigenvalue weighted by molar-refractivity contribution is 5.08. The van der Waals surface area contributed by atoms with E-state index in [1.165, 1.54) is 0 Å². The predicted octanol–water partition coefficient (Wildman–Crippen LogP) is 0.0924. The summed E-state index contributed by atoms with van der Waals surface area (Å²) >= 11 is 0. The summed E-state index contributed by atoms with van der Waals surface area (Å²) in [6, 6.07) is 0. The van der Waals surface area contributed by atoms with Crippen LogP contribution < -0.4 is 11.2 Å². The summed E-state index contributed by atoms with van der Waals surface area (Å²) in [5.74, 6) is 0. The molecule has 0 bridgehead atoms. The van der Waals surface area contributed by atoms with Crippen molar-refractivity contribution in [1.29, 1.82) is 0 Å². The third-order valence-electron chi connectivity index (χ3n) is 1.41. The van der Waals surface area contributed by atoms with Crippen LogP contribution in [0.15, 0.2) is 15.8 Å². The van der Waals surface area contributed by atoms with Crippen molar-refractivity contribution in [2.75, 3.05) is 0 Å². The number of H-pyrrole nitrogens is 1. The maximum absolute atomic E-state index is 12.0. The molecule has 0 aliphatic heterocycles. The fourth-order valence-electron chi connectivity index (χ4n) is 0.765. The Morgan fingerprint density at radius 1 is 1.38 bits per heavy atom. The molecule has 1 N–H and O–H groups in total. The normalized spacial score (nSPS) is 11.7. The summed E-state index contributed by atoms with van der Waals surface area (Å²) in [5.41, 5.74) is -3.68. The maximum Gasteiger partial charge on any atom is 0.423 e. The van der Waals surface area contributed by atoms with Gasteiger partial charge < -0.3 is 4.57 Å². The highest BCUT2D eigenvalue weighted by Crippen LogP contribution is 2.25. The van der Waals surface area contributed by atoms with Gasteiger partial charge in [0.1, 0.15) is 5.56 Å². The summed E-state index contributed by atoms with van der Waals surface area (Å²) in [7, 11) is 1.12. The van der Waals surface area contributed by atoms with Crippen molar-refractivity contribution >= 4 is 0 Å². The lowest BCUT2D eigenvalue weighted by Gasteiger charge is -2.05. The van der Waals surface area contributed by atoms with Gasteiger partial charge in [-0.15, -0.1) is 0 Å². The van der Waals surface area contributed by atoms with E-state index in [-0.39, 0.29) is 0 Å². The monoisotopic (exact) mass is 194 g/mol. The van der Waals surface area contributed by atoms with E-state index >= 15 is 0 Å². The van der Waals surface area contributed by atoms with Crippen LogP contribution in [0.3, 0.4) is 0 Å². The molecule has 0 unspecified atom stereocenters. The van der Waals surface area contributed by atoms with Crippen LogP contribution in [0.2, 0.25) is 0 Å². The van der Waals surface area contributed by atoms with Crippen molar-refractivity contribution in [2.45, 2.75) is 6.18 Å². The van der Waals surface area contributed by atoms with E-state index in [0.717, 1.165) is 7.05 Å². The highest BCUT2D eigenvalue weighted by atomic mass is 19.4. The van der Waals surface area contributed by atoms with Gasteiger partial charge in [0, 0.05) is 13.2 Å². The van der Waals surface area contributed by atoms with E-state index in [4.69, 9.17) is 0 Å². The van der Waals surface area contributed by atoms with E-state index in [1.54, 1.807) is 4.98 Å². The lowest BCUT2D eigenvalue weighted by atomic mass is 10.3. The first-order valence-electron chi connectivity index (χ1n) is 3.19. The largest absolute Gasteiger partial charge is 0.423 e. The van der Waals surface area contributed by atoms with Crippen LogP contribution in [0.1, 0.15) is 5.56 Å². The average molecular weight is 194 g/mol. The second-order valence-corrected chi connectivity index (χ2v) is 2.41. The van der Waals surface area contributed by atoms with Crippen LogP contribution in [0.5, 0.6) is 0 Å². The third-order valence-corrected chi connectivity index (χ3v) is 1.41. The molecular formula is C6H5F3N2O2. The molecule has 72 valence electrons. The summed E-state index contributed by atoms with van der Waals surface area (Å²) in [4.78, 5) is 22.9. The lowest BCUT2D eigenvalue weighted by molar-refractivity contribution is -0.139. The Balaban J connectivity index is 3.51. The Morgan fingerprint density at radius 3 is 2.38 bits per heavy atom. The Hall–Kier alpha value is -1.53. The number of rotatable bonds is 0. The molecule has 0 atom stereocenters. The van der Waals surface area contributed by atoms with Crippen LogP contribution in [0.4, 0.5) is 13.2 Å². The smallest absolute Gasteiger partial charge is 0.303 e. The molecule has 1 aromatic rings. The molecule has 0 amide bonds. The van der Waals surface area contributed by atoms with Gasteiger partial charge in [-0.25, -0.2) is 4.79 Å². The summed E-state index contributed by atoms with van der Waals surface area (Å²) in [5, 5.41) is 0. The van der Waals surface area contributed by atoms with Gasteiger partial charge in [0.15, 0.2) is 0 Å². The lowest BCUT2D eigenvalue weighted by Crippen LogP contribution is -2.33. The SMILES string of the molecule is Cn1cc(C(F)(F)F)c(=O)[nH]c1=O. The second-order valence-electron chi connectivity index (χ2n) is 2.41. The highest BCUT2D eigenvalue weighted by Gasteiger charge is 2.34. The fourth-order valence-corrected chi connectivity index (χ4v) is 0.765. The molecule has 1 rings (SSSR count). The summed E-state index contributed by atoms with van der Waals surface area (Å²) < 4.78 is 36.7. The molecule has 1 aromatic heterocycles. The number of hydrogen-bond acceptors (Lipinski definition) is 2. The Labute approximate surface area is 69.6 Å². The van der Waals surface area contributed by atoms with Gasteiger partial charge >= 0.3 is 11.9 Å². The van der Waals surface area contributed by atoms with Crippen molar-refractivity contribution in [1.82, 2.24) is 9.55 Å². The van der Waals surface area contributed by atoms with Crippen molar-refractivity contribution in [3.63, 3.8) is 0 Å². The predicted molar refractivity (Wildman–Crippen MR) is 37.3 cm³/mol. The van der Waals surface area contributed by atoms with Crippen molar-refractivity contribution in [2.24, 2.45) is 7.05 Å². The van der Waals surface area contributed by atoms with E-state index in [9.17, 15) is 22.8 Å². The molecule has 7 heteroatoms. The number of aryl methyl sites for hydroxylation is 1. The van der Waals surface area contributed by atoms with Crippen LogP contribution >= 0.6 is 0 Å². The molecule has 0 aliphatic carbocycles. The Kier molecular flexibility index (Phi) is 2.02. The Bertz CT molecular complexity index is 429. The molecule has 0 spiro atoms. The molecule has 0 fully saturated rings. The molecule has 13 heavy (non-hydrogen) atoms. The molecule has 4 nitrogen and oxygen atoms in total. The van der Waals surface area contributed by atoms with Gasteiger partial charge in [-0.2, -0.15) is 13.2 Å². The molecule has 1 heterocycles. The fraction of sp³-hybridized carbons (Fsp3) is 0.333.